The summed E-state index contributed by atoms with van der Waals surface area (Å²) in [6.07, 6.45) is -0.772. The van der Waals surface area contributed by atoms with Crippen LogP contribution in [0.3, 0.4) is 0 Å². The van der Waals surface area contributed by atoms with E-state index in [1.165, 1.54) is 15.8 Å². The first kappa shape index (κ1) is 22.3. The van der Waals surface area contributed by atoms with E-state index in [2.05, 4.69) is 34.3 Å². The van der Waals surface area contributed by atoms with Gasteiger partial charge < -0.3 is 19.8 Å². The van der Waals surface area contributed by atoms with Gasteiger partial charge in [0.25, 0.3) is 5.91 Å². The topological polar surface area (TPSA) is 69.1 Å². The molecule has 5 rings (SSSR count). The lowest BCUT2D eigenvalue weighted by molar-refractivity contribution is 0.0607. The van der Waals surface area contributed by atoms with Crippen molar-refractivity contribution in [2.24, 2.45) is 12.8 Å². The maximum Gasteiger partial charge on any atom is 0.254 e. The highest BCUT2D eigenvalue weighted by atomic mass is 35.5. The van der Waals surface area contributed by atoms with Gasteiger partial charge in [-0.3, -0.25) is 4.79 Å². The molecule has 1 fully saturated rings. The lowest BCUT2D eigenvalue weighted by Crippen LogP contribution is -2.50. The van der Waals surface area contributed by atoms with E-state index in [9.17, 15) is 9.18 Å². The fourth-order valence-electron chi connectivity index (χ4n) is 4.72. The number of imidazole rings is 1. The van der Waals surface area contributed by atoms with E-state index in [0.29, 0.717) is 18.5 Å². The first-order chi connectivity index (χ1) is 15.0. The van der Waals surface area contributed by atoms with E-state index in [4.69, 9.17) is 10.7 Å². The number of fused-ring (bicyclic) bond motifs is 2. The van der Waals surface area contributed by atoms with Gasteiger partial charge in [-0.2, -0.15) is 0 Å². The van der Waals surface area contributed by atoms with Gasteiger partial charge in [0.2, 0.25) is 0 Å². The van der Waals surface area contributed by atoms with Crippen LogP contribution in [0.25, 0.3) is 33.5 Å². The number of hydrogen-bond donors (Lipinski definition) is 1. The number of piperidine rings is 1. The Balaban J connectivity index is 0.00000245. The molecule has 1 aliphatic rings. The molecule has 0 saturated carbocycles. The van der Waals surface area contributed by atoms with E-state index < -0.39 is 6.17 Å². The summed E-state index contributed by atoms with van der Waals surface area (Å²) in [5.41, 5.74) is 10.3. The first-order valence-electron chi connectivity index (χ1n) is 10.7. The number of benzene rings is 2. The summed E-state index contributed by atoms with van der Waals surface area (Å²) in [4.78, 5) is 19.4. The van der Waals surface area contributed by atoms with E-state index in [0.717, 1.165) is 29.1 Å². The number of carbonyl (C=O) groups excluding carboxylic acids is 1. The number of aromatic nitrogens is 3. The van der Waals surface area contributed by atoms with Gasteiger partial charge in [0.05, 0.1) is 23.3 Å². The van der Waals surface area contributed by atoms with Gasteiger partial charge in [0.1, 0.15) is 6.17 Å². The zero-order chi connectivity index (χ0) is 21.7. The van der Waals surface area contributed by atoms with Crippen molar-refractivity contribution in [3.8, 4) is 11.5 Å². The van der Waals surface area contributed by atoms with Gasteiger partial charge >= 0.3 is 0 Å². The number of para-hydroxylation sites is 1. The quantitative estimate of drug-likeness (QED) is 0.504. The summed E-state index contributed by atoms with van der Waals surface area (Å²) in [7, 11) is 1.99. The summed E-state index contributed by atoms with van der Waals surface area (Å²) in [5, 5.41) is 1.17. The third-order valence-corrected chi connectivity index (χ3v) is 6.20. The standard InChI is InChI=1S/C24H26FN5O.ClH/c1-3-30-20-7-5-4-6-15(20)11-22(30)23-27-19-10-16(8-9-21(19)28(23)2)24(31)29-13-17(25)12-18(26)14-29;/h4-11,17-18H,3,12-14,26H2,1-2H3;1H. The van der Waals surface area contributed by atoms with Gasteiger partial charge in [-0.25, -0.2) is 9.37 Å². The molecule has 168 valence electrons. The summed E-state index contributed by atoms with van der Waals surface area (Å²) in [6.45, 7) is 3.42. The number of nitrogens with two attached hydrogens (primary N) is 1. The number of likely N-dealkylation sites (tertiary alicyclic amines) is 1. The molecule has 0 bridgehead atoms. The zero-order valence-corrected chi connectivity index (χ0v) is 19.0. The number of amides is 1. The number of hydrogen-bond acceptors (Lipinski definition) is 3. The van der Waals surface area contributed by atoms with Crippen LogP contribution in [-0.2, 0) is 13.6 Å². The van der Waals surface area contributed by atoms with Gasteiger partial charge in [-0.1, -0.05) is 18.2 Å². The monoisotopic (exact) mass is 455 g/mol. The molecular formula is C24H27ClFN5O. The average Bonchev–Trinajstić information content (AvgIpc) is 3.29. The van der Waals surface area contributed by atoms with Crippen molar-refractivity contribution in [1.82, 2.24) is 19.0 Å². The molecule has 4 aromatic rings. The number of halogens is 2. The maximum absolute atomic E-state index is 13.9. The second-order valence-corrected chi connectivity index (χ2v) is 8.33. The number of aryl methyl sites for hydroxylation is 2. The molecule has 2 aromatic heterocycles. The van der Waals surface area contributed by atoms with E-state index in [1.54, 1.807) is 12.1 Å². The predicted molar refractivity (Wildman–Crippen MR) is 128 cm³/mol. The van der Waals surface area contributed by atoms with Crippen LogP contribution in [0.5, 0.6) is 0 Å². The van der Waals surface area contributed by atoms with Crippen molar-refractivity contribution in [3.05, 3.63) is 54.1 Å². The lowest BCUT2D eigenvalue weighted by atomic mass is 10.0. The van der Waals surface area contributed by atoms with Gasteiger partial charge in [-0.15, -0.1) is 12.4 Å². The molecule has 2 N–H and O–H groups in total. The van der Waals surface area contributed by atoms with Crippen LogP contribution >= 0.6 is 12.4 Å². The molecule has 2 atom stereocenters. The normalized spacial score (nSPS) is 18.8. The number of rotatable bonds is 3. The van der Waals surface area contributed by atoms with Crippen LogP contribution < -0.4 is 5.73 Å². The molecule has 1 amide bonds. The summed E-state index contributed by atoms with van der Waals surface area (Å²) < 4.78 is 18.2. The molecule has 1 saturated heterocycles. The third kappa shape index (κ3) is 3.65. The van der Waals surface area contributed by atoms with Crippen molar-refractivity contribution < 1.29 is 9.18 Å². The summed E-state index contributed by atoms with van der Waals surface area (Å²) >= 11 is 0. The highest BCUT2D eigenvalue weighted by Gasteiger charge is 2.29. The smallest absolute Gasteiger partial charge is 0.254 e. The Hall–Kier alpha value is -2.90. The Bertz CT molecular complexity index is 1290. The number of carbonyl (C=O) groups is 1. The SMILES string of the molecule is CCn1c(-c2nc3cc(C(=O)N4CC(N)CC(F)C4)ccc3n2C)cc2ccccc21.Cl. The third-order valence-electron chi connectivity index (χ3n) is 6.20. The molecule has 32 heavy (non-hydrogen) atoms. The van der Waals surface area contributed by atoms with Crippen LogP contribution in [0.1, 0.15) is 23.7 Å². The van der Waals surface area contributed by atoms with Crippen LogP contribution in [0, 0.1) is 0 Å². The molecule has 2 unspecified atom stereocenters. The lowest BCUT2D eigenvalue weighted by Gasteiger charge is -2.33. The Kier molecular flexibility index (Phi) is 5.97. The molecule has 0 aliphatic carbocycles. The Labute approximate surface area is 192 Å². The zero-order valence-electron chi connectivity index (χ0n) is 18.2. The van der Waals surface area contributed by atoms with Gasteiger partial charge in [0.15, 0.2) is 5.82 Å². The van der Waals surface area contributed by atoms with Crippen LogP contribution in [0.2, 0.25) is 0 Å². The Morgan fingerprint density at radius 1 is 1.16 bits per heavy atom. The fourth-order valence-corrected chi connectivity index (χ4v) is 4.72. The van der Waals surface area contributed by atoms with E-state index in [1.807, 2.05) is 25.2 Å². The predicted octanol–water partition coefficient (Wildman–Crippen LogP) is 4.15. The van der Waals surface area contributed by atoms with Gasteiger partial charge in [-0.05, 0) is 43.7 Å². The van der Waals surface area contributed by atoms with Gasteiger partial charge in [0, 0.05) is 42.6 Å². The minimum atomic E-state index is -1.08. The van der Waals surface area contributed by atoms with Crippen LogP contribution in [-0.4, -0.2) is 50.2 Å². The van der Waals surface area contributed by atoms with Crippen molar-refractivity contribution in [3.63, 3.8) is 0 Å². The van der Waals surface area contributed by atoms with Crippen molar-refractivity contribution in [2.45, 2.75) is 32.1 Å². The minimum absolute atomic E-state index is 0. The van der Waals surface area contributed by atoms with E-state index in [-0.39, 0.29) is 30.9 Å². The van der Waals surface area contributed by atoms with Crippen molar-refractivity contribution in [2.75, 3.05) is 13.1 Å². The summed E-state index contributed by atoms with van der Waals surface area (Å²) in [5.74, 6) is 0.649. The molecule has 1 aliphatic heterocycles. The van der Waals surface area contributed by atoms with Crippen LogP contribution in [0.4, 0.5) is 4.39 Å². The number of alkyl halides is 1. The van der Waals surface area contributed by atoms with Crippen molar-refractivity contribution in [1.29, 1.82) is 0 Å². The molecule has 2 aromatic carbocycles. The highest BCUT2D eigenvalue weighted by Crippen LogP contribution is 2.30. The fraction of sp³-hybridized carbons (Fsp3) is 0.333. The largest absolute Gasteiger partial charge is 0.338 e. The summed E-state index contributed by atoms with van der Waals surface area (Å²) in [6, 6.07) is 15.6. The Morgan fingerprint density at radius 3 is 2.69 bits per heavy atom. The molecule has 8 heteroatoms. The molecule has 6 nitrogen and oxygen atoms in total. The van der Waals surface area contributed by atoms with E-state index >= 15 is 0 Å². The minimum Gasteiger partial charge on any atom is -0.338 e. The molecule has 3 heterocycles. The Morgan fingerprint density at radius 2 is 1.94 bits per heavy atom. The van der Waals surface area contributed by atoms with Crippen molar-refractivity contribution >= 4 is 40.3 Å². The second kappa shape index (κ2) is 8.56. The molecule has 0 spiro atoms. The maximum atomic E-state index is 13.9. The first-order valence-corrected chi connectivity index (χ1v) is 10.7. The number of nitrogens with zero attached hydrogens (tertiary/aromatic N) is 4. The highest BCUT2D eigenvalue weighted by molar-refractivity contribution is 5.98. The van der Waals surface area contributed by atoms with Crippen LogP contribution in [0.15, 0.2) is 48.5 Å². The molecule has 0 radical (unpaired) electrons. The second-order valence-electron chi connectivity index (χ2n) is 8.33. The average molecular weight is 456 g/mol. The molecular weight excluding hydrogens is 429 g/mol.